The van der Waals surface area contributed by atoms with Crippen molar-refractivity contribution in [1.82, 2.24) is 9.80 Å². The van der Waals surface area contributed by atoms with Gasteiger partial charge in [0.2, 0.25) is 0 Å². The standard InChI is InChI=1S/C26H32N2O2/c1-29-25-11-9-22(10-12-25)21-28-16-14-27(15-17-28)18-20-30-19-13-24-7-4-6-23-5-2-3-8-26(23)24/h2-12H,13-21H2,1H3. The first kappa shape index (κ1) is 20.9. The number of rotatable bonds is 9. The van der Waals surface area contributed by atoms with E-state index < -0.39 is 0 Å². The number of hydrogen-bond donors (Lipinski definition) is 0. The van der Waals surface area contributed by atoms with Gasteiger partial charge in [-0.2, -0.15) is 0 Å². The molecular weight excluding hydrogens is 372 g/mol. The van der Waals surface area contributed by atoms with E-state index in [2.05, 4.69) is 64.4 Å². The largest absolute Gasteiger partial charge is 0.497 e. The fourth-order valence-corrected chi connectivity index (χ4v) is 4.15. The molecule has 0 radical (unpaired) electrons. The van der Waals surface area contributed by atoms with Crippen molar-refractivity contribution >= 4 is 10.8 Å². The minimum absolute atomic E-state index is 0.783. The summed E-state index contributed by atoms with van der Waals surface area (Å²) in [5, 5.41) is 2.65. The number of ether oxygens (including phenoxy) is 2. The Balaban J connectivity index is 1.13. The molecule has 1 aliphatic heterocycles. The van der Waals surface area contributed by atoms with E-state index in [0.29, 0.717) is 0 Å². The maximum absolute atomic E-state index is 5.97. The molecule has 0 saturated carbocycles. The van der Waals surface area contributed by atoms with Crippen molar-refractivity contribution in [2.24, 2.45) is 0 Å². The predicted octanol–water partition coefficient (Wildman–Crippen LogP) is 4.23. The van der Waals surface area contributed by atoms with Gasteiger partial charge in [0, 0.05) is 39.3 Å². The molecule has 1 fully saturated rings. The van der Waals surface area contributed by atoms with Crippen molar-refractivity contribution in [2.45, 2.75) is 13.0 Å². The van der Waals surface area contributed by atoms with E-state index in [1.807, 2.05) is 12.1 Å². The smallest absolute Gasteiger partial charge is 0.118 e. The van der Waals surface area contributed by atoms with Crippen LogP contribution in [-0.4, -0.2) is 62.8 Å². The molecule has 0 aromatic heterocycles. The van der Waals surface area contributed by atoms with Crippen LogP contribution in [0.3, 0.4) is 0 Å². The molecule has 1 heterocycles. The highest BCUT2D eigenvalue weighted by Gasteiger charge is 2.16. The number of hydrogen-bond acceptors (Lipinski definition) is 4. The number of piperazine rings is 1. The molecule has 30 heavy (non-hydrogen) atoms. The maximum atomic E-state index is 5.97. The van der Waals surface area contributed by atoms with Gasteiger partial charge in [0.1, 0.15) is 5.75 Å². The second-order valence-corrected chi connectivity index (χ2v) is 7.97. The summed E-state index contributed by atoms with van der Waals surface area (Å²) in [5.41, 5.74) is 2.72. The lowest BCUT2D eigenvalue weighted by Crippen LogP contribution is -2.46. The number of fused-ring (bicyclic) bond motifs is 1. The monoisotopic (exact) mass is 404 g/mol. The van der Waals surface area contributed by atoms with Crippen LogP contribution in [0.4, 0.5) is 0 Å². The summed E-state index contributed by atoms with van der Waals surface area (Å²) in [6.07, 6.45) is 0.969. The lowest BCUT2D eigenvalue weighted by molar-refractivity contribution is 0.0748. The first-order valence-electron chi connectivity index (χ1n) is 10.9. The van der Waals surface area contributed by atoms with Crippen molar-refractivity contribution in [1.29, 1.82) is 0 Å². The SMILES string of the molecule is COc1ccc(CN2CCN(CCOCCc3cccc4ccccc34)CC2)cc1. The zero-order chi connectivity index (χ0) is 20.6. The van der Waals surface area contributed by atoms with E-state index in [9.17, 15) is 0 Å². The Morgan fingerprint density at radius 1 is 0.767 bits per heavy atom. The molecule has 4 heteroatoms. The summed E-state index contributed by atoms with van der Waals surface area (Å²) in [7, 11) is 1.71. The highest BCUT2D eigenvalue weighted by atomic mass is 16.5. The van der Waals surface area contributed by atoms with E-state index in [0.717, 1.165) is 64.7 Å². The van der Waals surface area contributed by atoms with Crippen molar-refractivity contribution in [3.05, 3.63) is 77.9 Å². The van der Waals surface area contributed by atoms with Gasteiger partial charge in [-0.1, -0.05) is 54.6 Å². The van der Waals surface area contributed by atoms with Crippen molar-refractivity contribution in [2.75, 3.05) is 53.0 Å². The van der Waals surface area contributed by atoms with Crippen LogP contribution < -0.4 is 4.74 Å². The molecule has 1 aliphatic rings. The van der Waals surface area contributed by atoms with Crippen LogP contribution in [0.15, 0.2) is 66.7 Å². The van der Waals surface area contributed by atoms with Gasteiger partial charge in [0.25, 0.3) is 0 Å². The molecule has 0 aliphatic carbocycles. The Morgan fingerprint density at radius 2 is 1.50 bits per heavy atom. The van der Waals surface area contributed by atoms with E-state index in [1.165, 1.54) is 21.9 Å². The fraction of sp³-hybridized carbons (Fsp3) is 0.385. The predicted molar refractivity (Wildman–Crippen MR) is 123 cm³/mol. The Labute approximate surface area is 180 Å². The van der Waals surface area contributed by atoms with E-state index in [-0.39, 0.29) is 0 Å². The Morgan fingerprint density at radius 3 is 2.30 bits per heavy atom. The average molecular weight is 405 g/mol. The molecule has 158 valence electrons. The van der Waals surface area contributed by atoms with Crippen LogP contribution in [0.25, 0.3) is 10.8 Å². The van der Waals surface area contributed by atoms with Gasteiger partial charge >= 0.3 is 0 Å². The molecule has 3 aromatic rings. The normalized spacial score (nSPS) is 15.5. The summed E-state index contributed by atoms with van der Waals surface area (Å²) < 4.78 is 11.2. The molecule has 0 spiro atoms. The molecule has 4 nitrogen and oxygen atoms in total. The zero-order valence-corrected chi connectivity index (χ0v) is 17.9. The Hall–Kier alpha value is -2.40. The van der Waals surface area contributed by atoms with Crippen molar-refractivity contribution < 1.29 is 9.47 Å². The summed E-state index contributed by atoms with van der Waals surface area (Å²) in [4.78, 5) is 5.04. The summed E-state index contributed by atoms with van der Waals surface area (Å²) in [6.45, 7) is 8.08. The van der Waals surface area contributed by atoms with Gasteiger partial charge in [0.15, 0.2) is 0 Å². The van der Waals surface area contributed by atoms with E-state index in [4.69, 9.17) is 9.47 Å². The molecule has 0 N–H and O–H groups in total. The summed E-state index contributed by atoms with van der Waals surface area (Å²) in [6, 6.07) is 23.5. The minimum Gasteiger partial charge on any atom is -0.497 e. The van der Waals surface area contributed by atoms with Crippen molar-refractivity contribution in [3.63, 3.8) is 0 Å². The first-order valence-corrected chi connectivity index (χ1v) is 10.9. The summed E-state index contributed by atoms with van der Waals surface area (Å²) >= 11 is 0. The van der Waals surface area contributed by atoms with Crippen LogP contribution in [0, 0.1) is 0 Å². The van der Waals surface area contributed by atoms with Gasteiger partial charge < -0.3 is 9.47 Å². The second kappa shape index (κ2) is 10.6. The molecule has 1 saturated heterocycles. The van der Waals surface area contributed by atoms with Crippen LogP contribution in [0.5, 0.6) is 5.75 Å². The third-order valence-electron chi connectivity index (χ3n) is 5.98. The van der Waals surface area contributed by atoms with Crippen molar-refractivity contribution in [3.8, 4) is 5.75 Å². The Bertz CT molecular complexity index is 912. The first-order chi connectivity index (χ1) is 14.8. The maximum Gasteiger partial charge on any atom is 0.118 e. The lowest BCUT2D eigenvalue weighted by atomic mass is 10.0. The second-order valence-electron chi connectivity index (χ2n) is 7.97. The van der Waals surface area contributed by atoms with Gasteiger partial charge in [-0.3, -0.25) is 9.80 Å². The molecule has 0 atom stereocenters. The van der Waals surface area contributed by atoms with Crippen LogP contribution in [-0.2, 0) is 17.7 Å². The quantitative estimate of drug-likeness (QED) is 0.499. The van der Waals surface area contributed by atoms with Crippen LogP contribution in [0.1, 0.15) is 11.1 Å². The zero-order valence-electron chi connectivity index (χ0n) is 17.9. The third kappa shape index (κ3) is 5.60. The van der Waals surface area contributed by atoms with Gasteiger partial charge in [-0.05, 0) is 40.5 Å². The fourth-order valence-electron chi connectivity index (χ4n) is 4.15. The number of benzene rings is 3. The van der Waals surface area contributed by atoms with Crippen LogP contribution in [0.2, 0.25) is 0 Å². The van der Waals surface area contributed by atoms with Crippen LogP contribution >= 0.6 is 0 Å². The lowest BCUT2D eigenvalue weighted by Gasteiger charge is -2.34. The number of nitrogens with zero attached hydrogens (tertiary/aromatic N) is 2. The molecule has 0 amide bonds. The highest BCUT2D eigenvalue weighted by molar-refractivity contribution is 5.85. The topological polar surface area (TPSA) is 24.9 Å². The molecule has 3 aromatic carbocycles. The van der Waals surface area contributed by atoms with Gasteiger partial charge in [0.05, 0.1) is 20.3 Å². The average Bonchev–Trinajstić information content (AvgIpc) is 2.80. The Kier molecular flexibility index (Phi) is 7.35. The minimum atomic E-state index is 0.783. The van der Waals surface area contributed by atoms with Gasteiger partial charge in [-0.25, -0.2) is 0 Å². The third-order valence-corrected chi connectivity index (χ3v) is 5.98. The molecular formula is C26H32N2O2. The highest BCUT2D eigenvalue weighted by Crippen LogP contribution is 2.19. The summed E-state index contributed by atoms with van der Waals surface area (Å²) in [5.74, 6) is 0.920. The molecule has 4 rings (SSSR count). The number of methoxy groups -OCH3 is 1. The van der Waals surface area contributed by atoms with Gasteiger partial charge in [-0.15, -0.1) is 0 Å². The van der Waals surface area contributed by atoms with E-state index in [1.54, 1.807) is 7.11 Å². The van der Waals surface area contributed by atoms with E-state index >= 15 is 0 Å². The molecule has 0 bridgehead atoms. The molecule has 0 unspecified atom stereocenters.